The molecule has 0 fully saturated rings. The van der Waals surface area contributed by atoms with Gasteiger partial charge in [0.25, 0.3) is 0 Å². The van der Waals surface area contributed by atoms with E-state index in [2.05, 4.69) is 216 Å². The molecule has 11 rings (SSSR count). The molecule has 9 aromatic carbocycles. The van der Waals surface area contributed by atoms with Gasteiger partial charge in [-0.3, -0.25) is 0 Å². The average Bonchev–Trinajstić information content (AvgIpc) is 3.81. The number of rotatable bonds is 6. The van der Waals surface area contributed by atoms with Crippen LogP contribution in [0.4, 0.5) is 17.1 Å². The van der Waals surface area contributed by atoms with Gasteiger partial charge in [-0.25, -0.2) is 0 Å². The molecule has 0 N–H and O–H groups in total. The second-order valence-corrected chi connectivity index (χ2v) is 14.1. The smallest absolute Gasteiger partial charge is 0.143 e. The normalized spacial score (nSPS) is 11.6. The van der Waals surface area contributed by atoms with Gasteiger partial charge in [0, 0.05) is 49.4 Å². The maximum atomic E-state index is 6.69. The largest absolute Gasteiger partial charge is 0.455 e. The van der Waals surface area contributed by atoms with Crippen molar-refractivity contribution in [3.05, 3.63) is 206 Å². The molecule has 11 aromatic rings. The van der Waals surface area contributed by atoms with Gasteiger partial charge in [-0.15, -0.1) is 0 Å². The molecule has 3 heteroatoms. The van der Waals surface area contributed by atoms with E-state index in [1.165, 1.54) is 27.2 Å². The first-order valence-electron chi connectivity index (χ1n) is 18.8. The summed E-state index contributed by atoms with van der Waals surface area (Å²) in [5.41, 5.74) is 13.1. The van der Waals surface area contributed by atoms with Crippen LogP contribution in [0, 0.1) is 0 Å². The second-order valence-electron chi connectivity index (χ2n) is 14.1. The highest BCUT2D eigenvalue weighted by Crippen LogP contribution is 2.48. The van der Waals surface area contributed by atoms with Crippen molar-refractivity contribution < 1.29 is 4.42 Å². The van der Waals surface area contributed by atoms with Crippen molar-refractivity contribution in [2.45, 2.75) is 0 Å². The summed E-state index contributed by atoms with van der Waals surface area (Å²) >= 11 is 0. The molecule has 0 saturated heterocycles. The van der Waals surface area contributed by atoms with E-state index < -0.39 is 0 Å². The Morgan fingerprint density at radius 1 is 0.400 bits per heavy atom. The Hall–Kier alpha value is -7.36. The van der Waals surface area contributed by atoms with E-state index in [0.29, 0.717) is 0 Å². The quantitative estimate of drug-likeness (QED) is 0.172. The van der Waals surface area contributed by atoms with Gasteiger partial charge >= 0.3 is 0 Å². The zero-order valence-electron chi connectivity index (χ0n) is 29.9. The summed E-state index contributed by atoms with van der Waals surface area (Å²) in [6.07, 6.45) is 0. The van der Waals surface area contributed by atoms with Crippen molar-refractivity contribution in [1.29, 1.82) is 0 Å². The van der Waals surface area contributed by atoms with E-state index >= 15 is 0 Å². The summed E-state index contributed by atoms with van der Waals surface area (Å²) in [5, 5.41) is 7.01. The first-order valence-corrected chi connectivity index (χ1v) is 18.8. The number of nitrogens with zero attached hydrogens (tertiary/aromatic N) is 2. The molecule has 55 heavy (non-hydrogen) atoms. The number of hydrogen-bond acceptors (Lipinski definition) is 2. The molecule has 0 bridgehead atoms. The van der Waals surface area contributed by atoms with Crippen molar-refractivity contribution in [2.75, 3.05) is 4.90 Å². The number of hydrogen-bond donors (Lipinski definition) is 0. The zero-order chi connectivity index (χ0) is 36.3. The van der Waals surface area contributed by atoms with E-state index in [1.807, 2.05) is 0 Å². The maximum Gasteiger partial charge on any atom is 0.143 e. The number of furan rings is 1. The molecular weight excluding hydrogens is 669 g/mol. The molecule has 3 nitrogen and oxygen atoms in total. The molecule has 0 aliphatic carbocycles. The topological polar surface area (TPSA) is 21.3 Å². The summed E-state index contributed by atoms with van der Waals surface area (Å²) in [6, 6.07) is 73.9. The highest BCUT2D eigenvalue weighted by atomic mass is 16.3. The SMILES string of the molecule is c1ccc(-c2ccccc2N(c2cccc(-n3c4ccccc4c4ccccc43)c2)c2ccccc2-c2cccc3oc4c5ccccc5ccc4c23)cc1. The minimum absolute atomic E-state index is 0.878. The van der Waals surface area contributed by atoms with Gasteiger partial charge in [-0.1, -0.05) is 152 Å². The molecule has 0 spiro atoms. The Morgan fingerprint density at radius 2 is 1.00 bits per heavy atom. The van der Waals surface area contributed by atoms with Crippen LogP contribution in [0.25, 0.3) is 82.5 Å². The Balaban J connectivity index is 1.19. The second kappa shape index (κ2) is 12.6. The Morgan fingerprint density at radius 3 is 1.78 bits per heavy atom. The van der Waals surface area contributed by atoms with Crippen LogP contribution in [0.3, 0.4) is 0 Å². The van der Waals surface area contributed by atoms with Crippen molar-refractivity contribution >= 4 is 71.6 Å². The molecule has 2 heterocycles. The third-order valence-electron chi connectivity index (χ3n) is 11.0. The molecule has 0 unspecified atom stereocenters. The molecule has 0 aliphatic heterocycles. The van der Waals surface area contributed by atoms with E-state index in [1.54, 1.807) is 0 Å². The molecule has 0 amide bonds. The van der Waals surface area contributed by atoms with Gasteiger partial charge in [0.15, 0.2) is 0 Å². The van der Waals surface area contributed by atoms with Crippen LogP contribution >= 0.6 is 0 Å². The lowest BCUT2D eigenvalue weighted by atomic mass is 9.95. The van der Waals surface area contributed by atoms with Gasteiger partial charge in [-0.05, 0) is 71.1 Å². The van der Waals surface area contributed by atoms with E-state index in [9.17, 15) is 0 Å². The molecule has 2 aromatic heterocycles. The standard InChI is InChI=1S/C52H34N2O/c1-2-16-35(17-3-1)39-21-6-10-27-46(39)53(37-19-14-20-38(34-37)54-47-28-11-7-23-41(47)42-24-8-12-29-48(42)54)49-30-13-9-25-43(49)44-26-15-31-50-51(44)45-33-32-36-18-4-5-22-40(36)52(45)55-50/h1-34H. The van der Waals surface area contributed by atoms with Crippen LogP contribution in [-0.4, -0.2) is 4.57 Å². The number of para-hydroxylation sites is 4. The summed E-state index contributed by atoms with van der Waals surface area (Å²) in [4.78, 5) is 2.44. The number of anilines is 3. The van der Waals surface area contributed by atoms with Gasteiger partial charge in [0.05, 0.1) is 22.4 Å². The third-order valence-corrected chi connectivity index (χ3v) is 11.0. The number of aromatic nitrogens is 1. The predicted molar refractivity (Wildman–Crippen MR) is 231 cm³/mol. The van der Waals surface area contributed by atoms with Crippen molar-refractivity contribution in [1.82, 2.24) is 4.57 Å². The van der Waals surface area contributed by atoms with E-state index in [0.717, 1.165) is 72.3 Å². The lowest BCUT2D eigenvalue weighted by Gasteiger charge is -2.30. The minimum Gasteiger partial charge on any atom is -0.455 e. The van der Waals surface area contributed by atoms with E-state index in [4.69, 9.17) is 4.42 Å². The van der Waals surface area contributed by atoms with E-state index in [-0.39, 0.29) is 0 Å². The van der Waals surface area contributed by atoms with Crippen molar-refractivity contribution in [3.8, 4) is 27.9 Å². The van der Waals surface area contributed by atoms with Crippen LogP contribution < -0.4 is 4.90 Å². The van der Waals surface area contributed by atoms with Crippen LogP contribution in [0.2, 0.25) is 0 Å². The van der Waals surface area contributed by atoms with Crippen LogP contribution in [0.1, 0.15) is 0 Å². The fourth-order valence-corrected chi connectivity index (χ4v) is 8.58. The highest BCUT2D eigenvalue weighted by molar-refractivity contribution is 6.20. The summed E-state index contributed by atoms with van der Waals surface area (Å²) in [5.74, 6) is 0. The van der Waals surface area contributed by atoms with Gasteiger partial charge in [0.1, 0.15) is 11.2 Å². The summed E-state index contributed by atoms with van der Waals surface area (Å²) in [6.45, 7) is 0. The summed E-state index contributed by atoms with van der Waals surface area (Å²) < 4.78 is 9.08. The predicted octanol–water partition coefficient (Wildman–Crippen LogP) is 14.6. The van der Waals surface area contributed by atoms with Crippen molar-refractivity contribution in [2.24, 2.45) is 0 Å². The van der Waals surface area contributed by atoms with Gasteiger partial charge in [-0.2, -0.15) is 0 Å². The molecule has 258 valence electrons. The zero-order valence-corrected chi connectivity index (χ0v) is 29.9. The first kappa shape index (κ1) is 31.2. The number of fused-ring (bicyclic) bond motifs is 8. The Kier molecular flexibility index (Phi) is 7.17. The summed E-state index contributed by atoms with van der Waals surface area (Å²) in [7, 11) is 0. The molecule has 0 aliphatic rings. The van der Waals surface area contributed by atoms with Crippen LogP contribution in [0.15, 0.2) is 211 Å². The van der Waals surface area contributed by atoms with Gasteiger partial charge in [0.2, 0.25) is 0 Å². The van der Waals surface area contributed by atoms with Gasteiger partial charge < -0.3 is 13.9 Å². The molecule has 0 atom stereocenters. The maximum absolute atomic E-state index is 6.69. The highest BCUT2D eigenvalue weighted by Gasteiger charge is 2.23. The van der Waals surface area contributed by atoms with Crippen LogP contribution in [-0.2, 0) is 0 Å². The fourth-order valence-electron chi connectivity index (χ4n) is 8.58. The molecule has 0 saturated carbocycles. The minimum atomic E-state index is 0.878. The monoisotopic (exact) mass is 702 g/mol. The number of benzene rings is 9. The molecular formula is C52H34N2O. The van der Waals surface area contributed by atoms with Crippen molar-refractivity contribution in [3.63, 3.8) is 0 Å². The average molecular weight is 703 g/mol. The lowest BCUT2D eigenvalue weighted by molar-refractivity contribution is 0.673. The Labute approximate surface area is 318 Å². The lowest BCUT2D eigenvalue weighted by Crippen LogP contribution is -2.13. The first-order chi connectivity index (χ1) is 27.3. The Bertz CT molecular complexity index is 3170. The fraction of sp³-hybridized carbons (Fsp3) is 0. The molecule has 0 radical (unpaired) electrons. The van der Waals surface area contributed by atoms with Crippen LogP contribution in [0.5, 0.6) is 0 Å². The third kappa shape index (κ3) is 4.98.